The maximum absolute atomic E-state index is 12.2. The van der Waals surface area contributed by atoms with E-state index < -0.39 is 15.9 Å². The lowest BCUT2D eigenvalue weighted by Gasteiger charge is -2.06. The summed E-state index contributed by atoms with van der Waals surface area (Å²) in [4.78, 5) is 12.2. The van der Waals surface area contributed by atoms with Gasteiger partial charge in [0.05, 0.1) is 6.26 Å². The molecule has 0 unspecified atom stereocenters. The van der Waals surface area contributed by atoms with Crippen molar-refractivity contribution in [2.45, 2.75) is 0 Å². The van der Waals surface area contributed by atoms with Crippen LogP contribution in [0.1, 0.15) is 10.6 Å². The Kier molecular flexibility index (Phi) is 4.21. The number of fused-ring (bicyclic) bond motifs is 1. The predicted molar refractivity (Wildman–Crippen MR) is 94.1 cm³/mol. The van der Waals surface area contributed by atoms with E-state index in [1.165, 1.54) is 0 Å². The number of amides is 1. The molecule has 24 heavy (non-hydrogen) atoms. The molecule has 0 bridgehead atoms. The standard InChI is InChI=1S/C16H13ClN2O4S/c1-24(21,22)19-13-5-3-12(4-6-13)18-16(20)15-9-10-8-11(17)2-7-14(10)23-15/h2-9,19H,1H3,(H,18,20). The summed E-state index contributed by atoms with van der Waals surface area (Å²) < 4.78 is 30.1. The molecule has 0 spiro atoms. The van der Waals surface area contributed by atoms with Gasteiger partial charge in [-0.2, -0.15) is 0 Å². The van der Waals surface area contributed by atoms with Crippen molar-refractivity contribution in [3.05, 3.63) is 59.3 Å². The molecule has 1 aromatic heterocycles. The molecule has 0 aliphatic rings. The van der Waals surface area contributed by atoms with Crippen LogP contribution in [0.25, 0.3) is 11.0 Å². The summed E-state index contributed by atoms with van der Waals surface area (Å²) in [6.45, 7) is 0. The predicted octanol–water partition coefficient (Wildman–Crippen LogP) is 3.71. The quantitative estimate of drug-likeness (QED) is 0.738. The molecule has 2 N–H and O–H groups in total. The number of rotatable bonds is 4. The Morgan fingerprint density at radius 1 is 1.04 bits per heavy atom. The molecule has 0 atom stereocenters. The SMILES string of the molecule is CS(=O)(=O)Nc1ccc(NC(=O)c2cc3cc(Cl)ccc3o2)cc1. The monoisotopic (exact) mass is 364 g/mol. The average molecular weight is 365 g/mol. The molecule has 0 saturated carbocycles. The third kappa shape index (κ3) is 3.87. The number of sulfonamides is 1. The summed E-state index contributed by atoms with van der Waals surface area (Å²) in [5.41, 5.74) is 1.49. The van der Waals surface area contributed by atoms with Crippen LogP contribution in [0, 0.1) is 0 Å². The molecule has 0 radical (unpaired) electrons. The van der Waals surface area contributed by atoms with Gasteiger partial charge in [-0.3, -0.25) is 9.52 Å². The van der Waals surface area contributed by atoms with Gasteiger partial charge in [0.15, 0.2) is 5.76 Å². The van der Waals surface area contributed by atoms with Gasteiger partial charge in [0.1, 0.15) is 5.58 Å². The Balaban J connectivity index is 1.76. The van der Waals surface area contributed by atoms with Gasteiger partial charge in [-0.25, -0.2) is 8.42 Å². The largest absolute Gasteiger partial charge is 0.451 e. The van der Waals surface area contributed by atoms with Crippen LogP contribution in [-0.2, 0) is 10.0 Å². The molecule has 0 saturated heterocycles. The Bertz CT molecular complexity index is 1010. The molecule has 0 aliphatic carbocycles. The fourth-order valence-electron chi connectivity index (χ4n) is 2.15. The molecule has 3 aromatic rings. The molecular weight excluding hydrogens is 352 g/mol. The van der Waals surface area contributed by atoms with Crippen molar-refractivity contribution in [1.82, 2.24) is 0 Å². The first-order valence-electron chi connectivity index (χ1n) is 6.88. The highest BCUT2D eigenvalue weighted by Gasteiger charge is 2.13. The lowest BCUT2D eigenvalue weighted by molar-refractivity contribution is 0.0998. The number of halogens is 1. The number of hydrogen-bond donors (Lipinski definition) is 2. The molecule has 0 fully saturated rings. The zero-order valence-electron chi connectivity index (χ0n) is 12.5. The lowest BCUT2D eigenvalue weighted by Crippen LogP contribution is -2.11. The van der Waals surface area contributed by atoms with Crippen molar-refractivity contribution in [2.24, 2.45) is 0 Å². The van der Waals surface area contributed by atoms with E-state index in [-0.39, 0.29) is 5.76 Å². The molecule has 1 heterocycles. The van der Waals surface area contributed by atoms with Gasteiger partial charge in [0.25, 0.3) is 5.91 Å². The molecule has 2 aromatic carbocycles. The first-order valence-corrected chi connectivity index (χ1v) is 9.15. The second-order valence-electron chi connectivity index (χ2n) is 5.20. The van der Waals surface area contributed by atoms with E-state index in [0.717, 1.165) is 11.6 Å². The highest BCUT2D eigenvalue weighted by atomic mass is 35.5. The van der Waals surface area contributed by atoms with E-state index in [1.807, 2.05) is 0 Å². The van der Waals surface area contributed by atoms with Crippen LogP contribution in [0.5, 0.6) is 0 Å². The van der Waals surface area contributed by atoms with Crippen molar-refractivity contribution in [3.63, 3.8) is 0 Å². The van der Waals surface area contributed by atoms with Gasteiger partial charge in [-0.05, 0) is 48.5 Å². The summed E-state index contributed by atoms with van der Waals surface area (Å²) in [5.74, 6) is -0.253. The molecular formula is C16H13ClN2O4S. The fraction of sp³-hybridized carbons (Fsp3) is 0.0625. The highest BCUT2D eigenvalue weighted by Crippen LogP contribution is 2.24. The zero-order chi connectivity index (χ0) is 17.3. The lowest BCUT2D eigenvalue weighted by atomic mass is 10.2. The van der Waals surface area contributed by atoms with Crippen LogP contribution in [0.15, 0.2) is 52.9 Å². The third-order valence-electron chi connectivity index (χ3n) is 3.15. The normalized spacial score (nSPS) is 11.4. The van der Waals surface area contributed by atoms with Gasteiger partial charge >= 0.3 is 0 Å². The van der Waals surface area contributed by atoms with Crippen molar-refractivity contribution >= 4 is 49.9 Å². The summed E-state index contributed by atoms with van der Waals surface area (Å²) in [6.07, 6.45) is 1.07. The Labute approximate surface area is 143 Å². The molecule has 1 amide bonds. The molecule has 6 nitrogen and oxygen atoms in total. The van der Waals surface area contributed by atoms with Crippen LogP contribution < -0.4 is 10.0 Å². The number of carbonyl (C=O) groups is 1. The summed E-state index contributed by atoms with van der Waals surface area (Å²) in [7, 11) is -3.34. The maximum atomic E-state index is 12.2. The summed E-state index contributed by atoms with van der Waals surface area (Å²) in [6, 6.07) is 13.0. The van der Waals surface area contributed by atoms with E-state index in [2.05, 4.69) is 10.0 Å². The first kappa shape index (κ1) is 16.4. The number of anilines is 2. The van der Waals surface area contributed by atoms with Crippen molar-refractivity contribution in [2.75, 3.05) is 16.3 Å². The average Bonchev–Trinajstić information content (AvgIpc) is 2.91. The fourth-order valence-corrected chi connectivity index (χ4v) is 2.90. The van der Waals surface area contributed by atoms with E-state index in [4.69, 9.17) is 16.0 Å². The van der Waals surface area contributed by atoms with Gasteiger partial charge in [0, 0.05) is 21.8 Å². The van der Waals surface area contributed by atoms with E-state index in [0.29, 0.717) is 22.0 Å². The Morgan fingerprint density at radius 2 is 1.71 bits per heavy atom. The molecule has 124 valence electrons. The van der Waals surface area contributed by atoms with Gasteiger partial charge in [-0.15, -0.1) is 0 Å². The topological polar surface area (TPSA) is 88.4 Å². The molecule has 0 aliphatic heterocycles. The van der Waals surface area contributed by atoms with E-state index in [9.17, 15) is 13.2 Å². The van der Waals surface area contributed by atoms with Gasteiger partial charge in [0.2, 0.25) is 10.0 Å². The number of nitrogens with one attached hydrogen (secondary N) is 2. The van der Waals surface area contributed by atoms with Crippen LogP contribution >= 0.6 is 11.6 Å². The minimum Gasteiger partial charge on any atom is -0.451 e. The van der Waals surface area contributed by atoms with Crippen molar-refractivity contribution < 1.29 is 17.6 Å². The number of benzene rings is 2. The Morgan fingerprint density at radius 3 is 2.38 bits per heavy atom. The second-order valence-corrected chi connectivity index (χ2v) is 7.38. The summed E-state index contributed by atoms with van der Waals surface area (Å²) >= 11 is 5.91. The van der Waals surface area contributed by atoms with E-state index >= 15 is 0 Å². The zero-order valence-corrected chi connectivity index (χ0v) is 14.1. The minimum absolute atomic E-state index is 0.158. The molecule has 8 heteroatoms. The maximum Gasteiger partial charge on any atom is 0.291 e. The number of hydrogen-bond acceptors (Lipinski definition) is 4. The smallest absolute Gasteiger partial charge is 0.291 e. The molecule has 3 rings (SSSR count). The van der Waals surface area contributed by atoms with Gasteiger partial charge in [-0.1, -0.05) is 11.6 Å². The number of furan rings is 1. The first-order chi connectivity index (χ1) is 11.3. The highest BCUT2D eigenvalue weighted by molar-refractivity contribution is 7.92. The summed E-state index contributed by atoms with van der Waals surface area (Å²) in [5, 5.41) is 3.98. The number of carbonyl (C=O) groups excluding carboxylic acids is 1. The van der Waals surface area contributed by atoms with Crippen molar-refractivity contribution in [3.8, 4) is 0 Å². The van der Waals surface area contributed by atoms with Crippen molar-refractivity contribution in [1.29, 1.82) is 0 Å². The second kappa shape index (κ2) is 6.18. The van der Waals surface area contributed by atoms with Crippen LogP contribution in [0.4, 0.5) is 11.4 Å². The van der Waals surface area contributed by atoms with Crippen LogP contribution in [-0.4, -0.2) is 20.6 Å². The van der Waals surface area contributed by atoms with Crippen LogP contribution in [0.2, 0.25) is 5.02 Å². The van der Waals surface area contributed by atoms with E-state index in [1.54, 1.807) is 48.5 Å². The van der Waals surface area contributed by atoms with Gasteiger partial charge < -0.3 is 9.73 Å². The minimum atomic E-state index is -3.34. The Hall–Kier alpha value is -2.51. The van der Waals surface area contributed by atoms with Crippen LogP contribution in [0.3, 0.4) is 0 Å². The third-order valence-corrected chi connectivity index (χ3v) is 3.99.